The Morgan fingerprint density at radius 2 is 1.59 bits per heavy atom. The zero-order valence-corrected chi connectivity index (χ0v) is 15.5. The van der Waals surface area contributed by atoms with E-state index in [9.17, 15) is 14.4 Å². The highest BCUT2D eigenvalue weighted by Crippen LogP contribution is 2.18. The van der Waals surface area contributed by atoms with Crippen LogP contribution in [-0.4, -0.2) is 29.4 Å². The summed E-state index contributed by atoms with van der Waals surface area (Å²) in [5.41, 5.74) is 3.46. The number of hydrogen-bond donors (Lipinski definition) is 3. The van der Waals surface area contributed by atoms with Crippen LogP contribution < -0.4 is 10.6 Å². The summed E-state index contributed by atoms with van der Waals surface area (Å²) in [6, 6.07) is 14.6. The molecule has 0 aliphatic carbocycles. The van der Waals surface area contributed by atoms with E-state index in [0.29, 0.717) is 24.1 Å². The molecule has 6 heteroatoms. The Morgan fingerprint density at radius 1 is 0.963 bits per heavy atom. The third-order valence-electron chi connectivity index (χ3n) is 4.27. The smallest absolute Gasteiger partial charge is 0.310 e. The standard InChI is InChI=1S/C21H24N2O4/c1-14-3-5-16(6-4-14)7-12-19(24)22-13-20(25)23-18-10-8-17(9-11-18)15(2)21(26)27/h3-6,8-11,15H,7,12-13H2,1-2H3,(H,22,24)(H,23,25)(H,26,27). The molecular formula is C21H24N2O4. The Labute approximate surface area is 158 Å². The Bertz CT molecular complexity index is 798. The zero-order valence-electron chi connectivity index (χ0n) is 15.5. The number of carbonyl (C=O) groups excluding carboxylic acids is 2. The van der Waals surface area contributed by atoms with Gasteiger partial charge in [0, 0.05) is 12.1 Å². The van der Waals surface area contributed by atoms with Gasteiger partial charge in [-0.3, -0.25) is 14.4 Å². The Hall–Kier alpha value is -3.15. The molecule has 2 aromatic carbocycles. The average molecular weight is 368 g/mol. The number of nitrogens with one attached hydrogen (secondary N) is 2. The summed E-state index contributed by atoms with van der Waals surface area (Å²) in [5, 5.41) is 14.3. The fraction of sp³-hybridized carbons (Fsp3) is 0.286. The number of aryl methyl sites for hydroxylation is 2. The van der Waals surface area contributed by atoms with Crippen molar-refractivity contribution in [2.24, 2.45) is 0 Å². The molecule has 3 N–H and O–H groups in total. The van der Waals surface area contributed by atoms with Crippen molar-refractivity contribution in [2.45, 2.75) is 32.6 Å². The van der Waals surface area contributed by atoms with Crippen molar-refractivity contribution in [3.05, 3.63) is 65.2 Å². The molecule has 6 nitrogen and oxygen atoms in total. The highest BCUT2D eigenvalue weighted by molar-refractivity contribution is 5.94. The van der Waals surface area contributed by atoms with Gasteiger partial charge in [-0.25, -0.2) is 0 Å². The fourth-order valence-electron chi connectivity index (χ4n) is 2.48. The maximum Gasteiger partial charge on any atom is 0.310 e. The molecule has 0 spiro atoms. The van der Waals surface area contributed by atoms with Gasteiger partial charge in [0.25, 0.3) is 0 Å². The average Bonchev–Trinajstić information content (AvgIpc) is 2.66. The van der Waals surface area contributed by atoms with Gasteiger partial charge in [-0.2, -0.15) is 0 Å². The topological polar surface area (TPSA) is 95.5 Å². The molecule has 0 aromatic heterocycles. The highest BCUT2D eigenvalue weighted by atomic mass is 16.4. The number of carboxylic acid groups (broad SMARTS) is 1. The molecule has 142 valence electrons. The van der Waals surface area contributed by atoms with Crippen molar-refractivity contribution in [3.8, 4) is 0 Å². The second-order valence-corrected chi connectivity index (χ2v) is 6.49. The molecule has 1 unspecified atom stereocenters. The zero-order chi connectivity index (χ0) is 19.8. The van der Waals surface area contributed by atoms with Gasteiger partial charge in [0.2, 0.25) is 11.8 Å². The minimum Gasteiger partial charge on any atom is -0.481 e. The molecule has 0 heterocycles. The van der Waals surface area contributed by atoms with Gasteiger partial charge in [0.1, 0.15) is 0 Å². The van der Waals surface area contributed by atoms with Crippen LogP contribution in [0.25, 0.3) is 0 Å². The normalized spacial score (nSPS) is 11.5. The van der Waals surface area contributed by atoms with Crippen LogP contribution in [-0.2, 0) is 20.8 Å². The molecule has 0 saturated heterocycles. The van der Waals surface area contributed by atoms with Crippen LogP contribution in [0.3, 0.4) is 0 Å². The number of amides is 2. The summed E-state index contributed by atoms with van der Waals surface area (Å²) >= 11 is 0. The van der Waals surface area contributed by atoms with Gasteiger partial charge in [-0.05, 0) is 43.5 Å². The third-order valence-corrected chi connectivity index (χ3v) is 4.27. The van der Waals surface area contributed by atoms with E-state index < -0.39 is 11.9 Å². The maximum absolute atomic E-state index is 11.9. The minimum atomic E-state index is -0.903. The number of anilines is 1. The fourth-order valence-corrected chi connectivity index (χ4v) is 2.48. The molecule has 2 aromatic rings. The van der Waals surface area contributed by atoms with Crippen molar-refractivity contribution in [1.29, 1.82) is 0 Å². The van der Waals surface area contributed by atoms with Crippen LogP contribution in [0, 0.1) is 6.92 Å². The van der Waals surface area contributed by atoms with Crippen LogP contribution in [0.1, 0.15) is 36.0 Å². The van der Waals surface area contributed by atoms with Crippen LogP contribution in [0.4, 0.5) is 5.69 Å². The van der Waals surface area contributed by atoms with Crippen LogP contribution in [0.15, 0.2) is 48.5 Å². The Balaban J connectivity index is 1.74. The summed E-state index contributed by atoms with van der Waals surface area (Å²) in [6.45, 7) is 3.50. The number of benzene rings is 2. The molecule has 0 saturated carbocycles. The molecule has 0 bridgehead atoms. The number of carbonyl (C=O) groups is 3. The number of rotatable bonds is 8. The first-order valence-corrected chi connectivity index (χ1v) is 8.80. The van der Waals surface area contributed by atoms with Gasteiger partial charge < -0.3 is 15.7 Å². The molecule has 0 radical (unpaired) electrons. The van der Waals surface area contributed by atoms with Crippen molar-refractivity contribution >= 4 is 23.5 Å². The van der Waals surface area contributed by atoms with E-state index in [1.54, 1.807) is 31.2 Å². The van der Waals surface area contributed by atoms with E-state index in [2.05, 4.69) is 10.6 Å². The first kappa shape index (κ1) is 20.2. The molecule has 0 aliphatic heterocycles. The molecule has 0 aliphatic rings. The summed E-state index contributed by atoms with van der Waals surface area (Å²) in [5.74, 6) is -2.03. The number of aliphatic carboxylic acids is 1. The second kappa shape index (κ2) is 9.52. The van der Waals surface area contributed by atoms with Crippen LogP contribution >= 0.6 is 0 Å². The lowest BCUT2D eigenvalue weighted by Gasteiger charge is -2.10. The van der Waals surface area contributed by atoms with Crippen LogP contribution in [0.5, 0.6) is 0 Å². The number of carboxylic acids is 1. The lowest BCUT2D eigenvalue weighted by molar-refractivity contribution is -0.138. The highest BCUT2D eigenvalue weighted by Gasteiger charge is 2.13. The van der Waals surface area contributed by atoms with Crippen molar-refractivity contribution in [3.63, 3.8) is 0 Å². The second-order valence-electron chi connectivity index (χ2n) is 6.49. The van der Waals surface area contributed by atoms with E-state index in [1.165, 1.54) is 5.56 Å². The van der Waals surface area contributed by atoms with Crippen molar-refractivity contribution < 1.29 is 19.5 Å². The van der Waals surface area contributed by atoms with E-state index in [4.69, 9.17) is 5.11 Å². The van der Waals surface area contributed by atoms with Crippen LogP contribution in [0.2, 0.25) is 0 Å². The first-order chi connectivity index (χ1) is 12.8. The van der Waals surface area contributed by atoms with Crippen molar-refractivity contribution in [2.75, 3.05) is 11.9 Å². The van der Waals surface area contributed by atoms with Crippen molar-refractivity contribution in [1.82, 2.24) is 5.32 Å². The van der Waals surface area contributed by atoms with E-state index in [0.717, 1.165) is 5.56 Å². The Kier molecular flexibility index (Phi) is 7.11. The van der Waals surface area contributed by atoms with E-state index >= 15 is 0 Å². The minimum absolute atomic E-state index is 0.111. The molecule has 2 amide bonds. The van der Waals surface area contributed by atoms with Gasteiger partial charge >= 0.3 is 5.97 Å². The molecule has 0 fully saturated rings. The maximum atomic E-state index is 11.9. The predicted molar refractivity (Wildman–Crippen MR) is 104 cm³/mol. The molecule has 2 rings (SSSR count). The summed E-state index contributed by atoms with van der Waals surface area (Å²) in [6.07, 6.45) is 0.940. The predicted octanol–water partition coefficient (Wildman–Crippen LogP) is 2.87. The summed E-state index contributed by atoms with van der Waals surface area (Å²) < 4.78 is 0. The van der Waals surface area contributed by atoms with Gasteiger partial charge in [-0.15, -0.1) is 0 Å². The first-order valence-electron chi connectivity index (χ1n) is 8.80. The SMILES string of the molecule is Cc1ccc(CCC(=O)NCC(=O)Nc2ccc(C(C)C(=O)O)cc2)cc1. The van der Waals surface area contributed by atoms with Gasteiger partial charge in [0.15, 0.2) is 0 Å². The quantitative estimate of drug-likeness (QED) is 0.668. The molecular weight excluding hydrogens is 344 g/mol. The lowest BCUT2D eigenvalue weighted by Crippen LogP contribution is -2.32. The van der Waals surface area contributed by atoms with E-state index in [1.807, 2.05) is 31.2 Å². The number of hydrogen-bond acceptors (Lipinski definition) is 3. The molecule has 27 heavy (non-hydrogen) atoms. The summed E-state index contributed by atoms with van der Waals surface area (Å²) in [4.78, 5) is 34.8. The third kappa shape index (κ3) is 6.58. The van der Waals surface area contributed by atoms with Gasteiger partial charge in [0.05, 0.1) is 12.5 Å². The monoisotopic (exact) mass is 368 g/mol. The lowest BCUT2D eigenvalue weighted by atomic mass is 10.0. The van der Waals surface area contributed by atoms with E-state index in [-0.39, 0.29) is 18.4 Å². The Morgan fingerprint density at radius 3 is 2.19 bits per heavy atom. The largest absolute Gasteiger partial charge is 0.481 e. The molecule has 1 atom stereocenters. The summed E-state index contributed by atoms with van der Waals surface area (Å²) in [7, 11) is 0. The van der Waals surface area contributed by atoms with Gasteiger partial charge in [-0.1, -0.05) is 42.0 Å².